The highest BCUT2D eigenvalue weighted by atomic mass is 32.1. The van der Waals surface area contributed by atoms with E-state index in [1.165, 1.54) is 16.7 Å². The zero-order valence-electron chi connectivity index (χ0n) is 8.06. The van der Waals surface area contributed by atoms with Gasteiger partial charge in [-0.3, -0.25) is 0 Å². The van der Waals surface area contributed by atoms with Gasteiger partial charge in [0.15, 0.2) is 10.8 Å². The Bertz CT molecular complexity index is 313. The van der Waals surface area contributed by atoms with Gasteiger partial charge in [0.05, 0.1) is 6.61 Å². The lowest BCUT2D eigenvalue weighted by molar-refractivity contribution is 0.0691. The normalized spacial score (nSPS) is 10.1. The fourth-order valence-electron chi connectivity index (χ4n) is 0.862. The molecule has 5 nitrogen and oxygen atoms in total. The number of carbonyl (C=O) groups is 1. The van der Waals surface area contributed by atoms with Gasteiger partial charge in [0.1, 0.15) is 0 Å². The smallest absolute Gasteiger partial charge is 0.355 e. The molecule has 0 fully saturated rings. The third kappa shape index (κ3) is 2.68. The summed E-state index contributed by atoms with van der Waals surface area (Å²) in [5.74, 6) is -0.993. The second kappa shape index (κ2) is 4.92. The highest BCUT2D eigenvalue weighted by molar-refractivity contribution is 7.13. The molecular formula is C8H12N2O3S. The summed E-state index contributed by atoms with van der Waals surface area (Å²) in [6.45, 7) is 1.29. The van der Waals surface area contributed by atoms with Crippen molar-refractivity contribution in [2.75, 3.05) is 32.2 Å². The number of thiazole rings is 1. The molecular weight excluding hydrogens is 204 g/mol. The SMILES string of the molecule is COCCN(C)c1nc(C(=O)O)cs1. The summed E-state index contributed by atoms with van der Waals surface area (Å²) in [7, 11) is 3.47. The predicted molar refractivity (Wildman–Crippen MR) is 54.2 cm³/mol. The van der Waals surface area contributed by atoms with Crippen molar-refractivity contribution < 1.29 is 14.6 Å². The molecule has 0 bridgehead atoms. The van der Waals surface area contributed by atoms with Crippen LogP contribution in [0.2, 0.25) is 0 Å². The van der Waals surface area contributed by atoms with Crippen molar-refractivity contribution in [1.82, 2.24) is 4.98 Å². The van der Waals surface area contributed by atoms with E-state index in [0.717, 1.165) is 0 Å². The van der Waals surface area contributed by atoms with Crippen molar-refractivity contribution in [3.63, 3.8) is 0 Å². The molecule has 0 atom stereocenters. The minimum absolute atomic E-state index is 0.0919. The second-order valence-corrected chi connectivity index (χ2v) is 3.57. The molecule has 1 heterocycles. The Labute approximate surface area is 85.9 Å². The lowest BCUT2D eigenvalue weighted by atomic mass is 10.5. The average molecular weight is 216 g/mol. The lowest BCUT2D eigenvalue weighted by Gasteiger charge is -2.14. The van der Waals surface area contributed by atoms with Crippen molar-refractivity contribution in [3.8, 4) is 0 Å². The molecule has 78 valence electrons. The first-order valence-corrected chi connectivity index (χ1v) is 4.92. The van der Waals surface area contributed by atoms with Crippen molar-refractivity contribution in [3.05, 3.63) is 11.1 Å². The van der Waals surface area contributed by atoms with E-state index in [0.29, 0.717) is 18.3 Å². The number of ether oxygens (including phenoxy) is 1. The second-order valence-electron chi connectivity index (χ2n) is 2.73. The average Bonchev–Trinajstić information content (AvgIpc) is 2.62. The molecule has 1 aromatic heterocycles. The van der Waals surface area contributed by atoms with E-state index in [4.69, 9.17) is 9.84 Å². The highest BCUT2D eigenvalue weighted by Crippen LogP contribution is 2.18. The van der Waals surface area contributed by atoms with E-state index in [-0.39, 0.29) is 5.69 Å². The Morgan fingerprint density at radius 1 is 1.79 bits per heavy atom. The van der Waals surface area contributed by atoms with Crippen LogP contribution in [0.15, 0.2) is 5.38 Å². The number of rotatable bonds is 5. The van der Waals surface area contributed by atoms with E-state index in [9.17, 15) is 4.79 Å². The highest BCUT2D eigenvalue weighted by Gasteiger charge is 2.10. The molecule has 0 unspecified atom stereocenters. The minimum Gasteiger partial charge on any atom is -0.476 e. The lowest BCUT2D eigenvalue weighted by Crippen LogP contribution is -2.21. The summed E-state index contributed by atoms with van der Waals surface area (Å²) < 4.78 is 4.91. The third-order valence-electron chi connectivity index (χ3n) is 1.67. The van der Waals surface area contributed by atoms with E-state index >= 15 is 0 Å². The topological polar surface area (TPSA) is 62.7 Å². The van der Waals surface area contributed by atoms with Gasteiger partial charge in [0.2, 0.25) is 0 Å². The molecule has 6 heteroatoms. The Hall–Kier alpha value is -1.14. The van der Waals surface area contributed by atoms with Gasteiger partial charge >= 0.3 is 5.97 Å². The van der Waals surface area contributed by atoms with Crippen molar-refractivity contribution >= 4 is 22.4 Å². The van der Waals surface area contributed by atoms with Gasteiger partial charge in [0, 0.05) is 26.1 Å². The van der Waals surface area contributed by atoms with Crippen LogP contribution in [0, 0.1) is 0 Å². The number of carboxylic acids is 1. The molecule has 0 spiro atoms. The van der Waals surface area contributed by atoms with Crippen LogP contribution in [-0.4, -0.2) is 43.4 Å². The fourth-order valence-corrected chi connectivity index (χ4v) is 1.65. The number of aromatic nitrogens is 1. The summed E-state index contributed by atoms with van der Waals surface area (Å²) in [4.78, 5) is 16.4. The van der Waals surface area contributed by atoms with Gasteiger partial charge < -0.3 is 14.7 Å². The van der Waals surface area contributed by atoms with Gasteiger partial charge in [-0.25, -0.2) is 9.78 Å². The first-order chi connectivity index (χ1) is 6.65. The van der Waals surface area contributed by atoms with Gasteiger partial charge in [0.25, 0.3) is 0 Å². The maximum Gasteiger partial charge on any atom is 0.355 e. The molecule has 0 saturated heterocycles. The molecule has 0 aliphatic rings. The molecule has 0 aromatic carbocycles. The molecule has 1 aromatic rings. The summed E-state index contributed by atoms with van der Waals surface area (Å²) in [6, 6.07) is 0. The van der Waals surface area contributed by atoms with E-state index in [1.807, 2.05) is 11.9 Å². The maximum atomic E-state index is 10.6. The van der Waals surface area contributed by atoms with Crippen LogP contribution in [0.4, 0.5) is 5.13 Å². The first kappa shape index (κ1) is 10.9. The van der Waals surface area contributed by atoms with Crippen LogP contribution in [0.1, 0.15) is 10.5 Å². The summed E-state index contributed by atoms with van der Waals surface area (Å²) in [5.41, 5.74) is 0.0919. The van der Waals surface area contributed by atoms with Crippen molar-refractivity contribution in [1.29, 1.82) is 0 Å². The monoisotopic (exact) mass is 216 g/mol. The van der Waals surface area contributed by atoms with Crippen LogP contribution in [0.3, 0.4) is 0 Å². The van der Waals surface area contributed by atoms with Crippen LogP contribution in [-0.2, 0) is 4.74 Å². The van der Waals surface area contributed by atoms with Crippen LogP contribution in [0.5, 0.6) is 0 Å². The molecule has 0 aliphatic heterocycles. The zero-order valence-corrected chi connectivity index (χ0v) is 8.87. The summed E-state index contributed by atoms with van der Waals surface area (Å²) in [5, 5.41) is 10.9. The fraction of sp³-hybridized carbons (Fsp3) is 0.500. The molecule has 0 aliphatic carbocycles. The Balaban J connectivity index is 2.61. The van der Waals surface area contributed by atoms with Gasteiger partial charge in [-0.15, -0.1) is 11.3 Å². The van der Waals surface area contributed by atoms with Crippen LogP contribution in [0.25, 0.3) is 0 Å². The standard InChI is InChI=1S/C8H12N2O3S/c1-10(3-4-13-2)8-9-6(5-14-8)7(11)12/h5H,3-4H2,1-2H3,(H,11,12). The van der Waals surface area contributed by atoms with E-state index < -0.39 is 5.97 Å². The van der Waals surface area contributed by atoms with E-state index in [2.05, 4.69) is 4.98 Å². The number of likely N-dealkylation sites (N-methyl/N-ethyl adjacent to an activating group) is 1. The molecule has 0 amide bonds. The van der Waals surface area contributed by atoms with E-state index in [1.54, 1.807) is 7.11 Å². The Kier molecular flexibility index (Phi) is 3.84. The maximum absolute atomic E-state index is 10.6. The van der Waals surface area contributed by atoms with Gasteiger partial charge in [-0.1, -0.05) is 0 Å². The number of methoxy groups -OCH3 is 1. The molecule has 0 saturated carbocycles. The number of hydrogen-bond acceptors (Lipinski definition) is 5. The molecule has 14 heavy (non-hydrogen) atoms. The predicted octanol–water partition coefficient (Wildman–Crippen LogP) is 0.924. The van der Waals surface area contributed by atoms with Crippen molar-refractivity contribution in [2.24, 2.45) is 0 Å². The van der Waals surface area contributed by atoms with Crippen LogP contribution >= 0.6 is 11.3 Å². The number of hydrogen-bond donors (Lipinski definition) is 1. The number of aromatic carboxylic acids is 1. The zero-order chi connectivity index (χ0) is 10.6. The van der Waals surface area contributed by atoms with Gasteiger partial charge in [-0.2, -0.15) is 0 Å². The van der Waals surface area contributed by atoms with Crippen molar-refractivity contribution in [2.45, 2.75) is 0 Å². The molecule has 0 radical (unpaired) electrons. The van der Waals surface area contributed by atoms with Crippen LogP contribution < -0.4 is 4.90 Å². The Morgan fingerprint density at radius 3 is 3.00 bits per heavy atom. The molecule has 1 rings (SSSR count). The molecule has 1 N–H and O–H groups in total. The Morgan fingerprint density at radius 2 is 2.50 bits per heavy atom. The quantitative estimate of drug-likeness (QED) is 0.793. The summed E-state index contributed by atoms with van der Waals surface area (Å²) in [6.07, 6.45) is 0. The first-order valence-electron chi connectivity index (χ1n) is 4.04. The number of anilines is 1. The summed E-state index contributed by atoms with van der Waals surface area (Å²) >= 11 is 1.31. The number of nitrogens with zero attached hydrogens (tertiary/aromatic N) is 2. The number of carboxylic acid groups (broad SMARTS) is 1. The largest absolute Gasteiger partial charge is 0.476 e. The van der Waals surface area contributed by atoms with Gasteiger partial charge in [-0.05, 0) is 0 Å². The minimum atomic E-state index is -0.993. The third-order valence-corrected chi connectivity index (χ3v) is 2.62.